The fraction of sp³-hybridized carbons (Fsp3) is 0.273. The maximum Gasteiger partial charge on any atom is 0.249 e. The zero-order valence-corrected chi connectivity index (χ0v) is 11.2. The first-order valence-corrected chi connectivity index (χ1v) is 6.29. The molecule has 1 aromatic carbocycles. The van der Waals surface area contributed by atoms with E-state index in [4.69, 9.17) is 5.73 Å². The first-order chi connectivity index (χ1) is 8.06. The SMILES string of the molecule is Nc1ccc(NC2CCC(=O)NC2=O)c(I)c1. The van der Waals surface area contributed by atoms with Crippen molar-refractivity contribution in [3.05, 3.63) is 21.8 Å². The van der Waals surface area contributed by atoms with Crippen molar-refractivity contribution in [3.8, 4) is 0 Å². The van der Waals surface area contributed by atoms with Gasteiger partial charge in [0.05, 0.1) is 0 Å². The number of nitrogens with one attached hydrogen (secondary N) is 2. The van der Waals surface area contributed by atoms with Crippen LogP contribution in [0, 0.1) is 3.57 Å². The van der Waals surface area contributed by atoms with Crippen LogP contribution in [0.2, 0.25) is 0 Å². The molecule has 0 radical (unpaired) electrons. The molecule has 5 nitrogen and oxygen atoms in total. The number of imide groups is 1. The van der Waals surface area contributed by atoms with E-state index in [1.165, 1.54) is 0 Å². The van der Waals surface area contributed by atoms with E-state index in [0.29, 0.717) is 18.5 Å². The Balaban J connectivity index is 2.10. The first kappa shape index (κ1) is 12.2. The lowest BCUT2D eigenvalue weighted by atomic mass is 10.1. The zero-order chi connectivity index (χ0) is 12.4. The maximum absolute atomic E-state index is 11.6. The molecule has 1 unspecified atom stereocenters. The third-order valence-corrected chi connectivity index (χ3v) is 3.45. The van der Waals surface area contributed by atoms with Crippen LogP contribution in [0.4, 0.5) is 11.4 Å². The summed E-state index contributed by atoms with van der Waals surface area (Å²) in [6.07, 6.45) is 0.889. The van der Waals surface area contributed by atoms with Crippen molar-refractivity contribution in [2.24, 2.45) is 0 Å². The highest BCUT2D eigenvalue weighted by atomic mass is 127. The van der Waals surface area contributed by atoms with Gasteiger partial charge in [-0.05, 0) is 47.2 Å². The van der Waals surface area contributed by atoms with E-state index < -0.39 is 0 Å². The summed E-state index contributed by atoms with van der Waals surface area (Å²) in [4.78, 5) is 22.6. The molecule has 1 fully saturated rings. The van der Waals surface area contributed by atoms with E-state index in [0.717, 1.165) is 9.26 Å². The highest BCUT2D eigenvalue weighted by molar-refractivity contribution is 14.1. The minimum Gasteiger partial charge on any atom is -0.399 e. The molecule has 17 heavy (non-hydrogen) atoms. The van der Waals surface area contributed by atoms with Crippen LogP contribution in [-0.4, -0.2) is 17.9 Å². The Morgan fingerprint density at radius 2 is 2.18 bits per heavy atom. The van der Waals surface area contributed by atoms with Crippen molar-refractivity contribution >= 4 is 45.8 Å². The fourth-order valence-corrected chi connectivity index (χ4v) is 2.36. The Labute approximate surface area is 112 Å². The number of anilines is 2. The Hall–Kier alpha value is -1.31. The minimum absolute atomic E-state index is 0.208. The van der Waals surface area contributed by atoms with Crippen molar-refractivity contribution in [3.63, 3.8) is 0 Å². The van der Waals surface area contributed by atoms with Gasteiger partial charge in [0.15, 0.2) is 0 Å². The molecule has 0 spiro atoms. The van der Waals surface area contributed by atoms with Gasteiger partial charge >= 0.3 is 0 Å². The number of hydrogen-bond acceptors (Lipinski definition) is 4. The van der Waals surface area contributed by atoms with E-state index in [-0.39, 0.29) is 17.9 Å². The second-order valence-electron chi connectivity index (χ2n) is 3.89. The quantitative estimate of drug-likeness (QED) is 0.426. The molecule has 1 aliphatic heterocycles. The lowest BCUT2D eigenvalue weighted by molar-refractivity contribution is -0.133. The van der Waals surface area contributed by atoms with Crippen LogP contribution < -0.4 is 16.4 Å². The smallest absolute Gasteiger partial charge is 0.249 e. The summed E-state index contributed by atoms with van der Waals surface area (Å²) >= 11 is 2.15. The topological polar surface area (TPSA) is 84.2 Å². The average molecular weight is 345 g/mol. The van der Waals surface area contributed by atoms with Crippen LogP contribution in [0.1, 0.15) is 12.8 Å². The number of piperidine rings is 1. The summed E-state index contributed by atoms with van der Waals surface area (Å²) in [5.41, 5.74) is 7.19. The number of halogens is 1. The van der Waals surface area contributed by atoms with Crippen LogP contribution in [0.5, 0.6) is 0 Å². The molecule has 2 amide bonds. The molecule has 6 heteroatoms. The van der Waals surface area contributed by atoms with Crippen molar-refractivity contribution in [2.45, 2.75) is 18.9 Å². The largest absolute Gasteiger partial charge is 0.399 e. The molecule has 1 aliphatic rings. The lowest BCUT2D eigenvalue weighted by Gasteiger charge is -2.23. The molecule has 1 aromatic rings. The monoisotopic (exact) mass is 345 g/mol. The van der Waals surface area contributed by atoms with Gasteiger partial charge in [-0.15, -0.1) is 0 Å². The average Bonchev–Trinajstić information content (AvgIpc) is 2.25. The van der Waals surface area contributed by atoms with Gasteiger partial charge in [0, 0.05) is 21.4 Å². The van der Waals surface area contributed by atoms with E-state index >= 15 is 0 Å². The Morgan fingerprint density at radius 1 is 1.41 bits per heavy atom. The van der Waals surface area contributed by atoms with Crippen molar-refractivity contribution in [1.29, 1.82) is 0 Å². The molecule has 1 atom stereocenters. The molecule has 0 aromatic heterocycles. The summed E-state index contributed by atoms with van der Waals surface area (Å²) in [5, 5.41) is 5.43. The second kappa shape index (κ2) is 4.91. The van der Waals surface area contributed by atoms with E-state index in [1.54, 1.807) is 6.07 Å². The Bertz CT molecular complexity index is 476. The summed E-state index contributed by atoms with van der Waals surface area (Å²) < 4.78 is 0.951. The summed E-state index contributed by atoms with van der Waals surface area (Å²) in [6, 6.07) is 5.08. The fourth-order valence-electron chi connectivity index (χ4n) is 1.67. The van der Waals surface area contributed by atoms with Gasteiger partial charge in [0.2, 0.25) is 11.8 Å². The number of benzene rings is 1. The molecule has 4 N–H and O–H groups in total. The Morgan fingerprint density at radius 3 is 2.82 bits per heavy atom. The molecule has 0 bridgehead atoms. The van der Waals surface area contributed by atoms with Crippen LogP contribution in [0.25, 0.3) is 0 Å². The van der Waals surface area contributed by atoms with Crippen molar-refractivity contribution in [1.82, 2.24) is 5.32 Å². The molecule has 1 heterocycles. The summed E-state index contributed by atoms with van der Waals surface area (Å²) in [6.45, 7) is 0. The van der Waals surface area contributed by atoms with Gasteiger partial charge < -0.3 is 11.1 Å². The number of hydrogen-bond donors (Lipinski definition) is 3. The lowest BCUT2D eigenvalue weighted by Crippen LogP contribution is -2.47. The van der Waals surface area contributed by atoms with Crippen molar-refractivity contribution < 1.29 is 9.59 Å². The van der Waals surface area contributed by atoms with Gasteiger partial charge in [0.25, 0.3) is 0 Å². The van der Waals surface area contributed by atoms with Gasteiger partial charge in [-0.25, -0.2) is 0 Å². The number of nitrogens with two attached hydrogens (primary N) is 1. The van der Waals surface area contributed by atoms with E-state index in [1.807, 2.05) is 12.1 Å². The van der Waals surface area contributed by atoms with E-state index in [2.05, 4.69) is 33.2 Å². The third kappa shape index (κ3) is 2.87. The molecular weight excluding hydrogens is 333 g/mol. The van der Waals surface area contributed by atoms with Gasteiger partial charge in [0.1, 0.15) is 6.04 Å². The van der Waals surface area contributed by atoms with Gasteiger partial charge in [-0.2, -0.15) is 0 Å². The number of nitrogen functional groups attached to an aromatic ring is 1. The predicted octanol–water partition coefficient (Wildman–Crippen LogP) is 1.09. The Kier molecular flexibility index (Phi) is 3.51. The normalized spacial score (nSPS) is 19.9. The standard InChI is InChI=1S/C11H12IN3O2/c12-7-5-6(13)1-2-8(7)14-9-3-4-10(16)15-11(9)17/h1-2,5,9,14H,3-4,13H2,(H,15,16,17). The first-order valence-electron chi connectivity index (χ1n) is 5.21. The number of carbonyl (C=O) groups excluding carboxylic acids is 2. The third-order valence-electron chi connectivity index (χ3n) is 2.56. The molecule has 2 rings (SSSR count). The van der Waals surface area contributed by atoms with Crippen LogP contribution in [-0.2, 0) is 9.59 Å². The molecule has 1 saturated heterocycles. The van der Waals surface area contributed by atoms with Crippen LogP contribution in [0.3, 0.4) is 0 Å². The maximum atomic E-state index is 11.6. The zero-order valence-electron chi connectivity index (χ0n) is 9.00. The number of amides is 2. The van der Waals surface area contributed by atoms with Crippen LogP contribution in [0.15, 0.2) is 18.2 Å². The number of carbonyl (C=O) groups is 2. The van der Waals surface area contributed by atoms with Gasteiger partial charge in [-0.1, -0.05) is 0 Å². The second-order valence-corrected chi connectivity index (χ2v) is 5.05. The minimum atomic E-state index is -0.357. The van der Waals surface area contributed by atoms with Crippen molar-refractivity contribution in [2.75, 3.05) is 11.1 Å². The van der Waals surface area contributed by atoms with Crippen LogP contribution >= 0.6 is 22.6 Å². The van der Waals surface area contributed by atoms with E-state index in [9.17, 15) is 9.59 Å². The summed E-state index contributed by atoms with van der Waals surface area (Å²) in [7, 11) is 0. The molecule has 0 saturated carbocycles. The molecular formula is C11H12IN3O2. The molecule has 0 aliphatic carbocycles. The summed E-state index contributed by atoms with van der Waals surface area (Å²) in [5.74, 6) is -0.478. The number of rotatable bonds is 2. The highest BCUT2D eigenvalue weighted by Gasteiger charge is 2.26. The predicted molar refractivity (Wildman–Crippen MR) is 73.4 cm³/mol. The molecule has 90 valence electrons. The van der Waals surface area contributed by atoms with Gasteiger partial charge in [-0.3, -0.25) is 14.9 Å². The highest BCUT2D eigenvalue weighted by Crippen LogP contribution is 2.22.